The maximum Gasteiger partial charge on any atom is 0.127 e. The summed E-state index contributed by atoms with van der Waals surface area (Å²) >= 11 is 0. The van der Waals surface area contributed by atoms with E-state index >= 15 is 0 Å². The van der Waals surface area contributed by atoms with Gasteiger partial charge in [-0.15, -0.1) is 0 Å². The van der Waals surface area contributed by atoms with Gasteiger partial charge in [-0.1, -0.05) is 39.2 Å². The van der Waals surface area contributed by atoms with Gasteiger partial charge in [-0.2, -0.15) is 0 Å². The molecule has 0 aliphatic rings. The van der Waals surface area contributed by atoms with Gasteiger partial charge >= 0.3 is 0 Å². The zero-order valence-electron chi connectivity index (χ0n) is 13.4. The van der Waals surface area contributed by atoms with Crippen LogP contribution < -0.4 is 14.8 Å². The van der Waals surface area contributed by atoms with E-state index in [0.29, 0.717) is 6.04 Å². The van der Waals surface area contributed by atoms with Gasteiger partial charge in [-0.25, -0.2) is 0 Å². The van der Waals surface area contributed by atoms with Crippen LogP contribution in [0.15, 0.2) is 18.2 Å². The lowest BCUT2D eigenvalue weighted by molar-refractivity contribution is 0.302. The minimum atomic E-state index is 0.323. The lowest BCUT2D eigenvalue weighted by Crippen LogP contribution is -2.16. The molecule has 0 fully saturated rings. The molecule has 114 valence electrons. The van der Waals surface area contributed by atoms with Gasteiger partial charge in [0.2, 0.25) is 0 Å². The molecular formula is C17H29NO2. The highest BCUT2D eigenvalue weighted by Crippen LogP contribution is 2.30. The molecule has 3 heteroatoms. The number of unbranched alkanes of at least 4 members (excludes halogenated alkanes) is 3. The summed E-state index contributed by atoms with van der Waals surface area (Å²) in [6.45, 7) is 5.17. The lowest BCUT2D eigenvalue weighted by atomic mass is 10.0. The van der Waals surface area contributed by atoms with Crippen molar-refractivity contribution < 1.29 is 9.47 Å². The van der Waals surface area contributed by atoms with Crippen LogP contribution in [0.2, 0.25) is 0 Å². The molecule has 0 aliphatic heterocycles. The van der Waals surface area contributed by atoms with E-state index in [4.69, 9.17) is 9.47 Å². The van der Waals surface area contributed by atoms with E-state index in [1.165, 1.54) is 24.8 Å². The van der Waals surface area contributed by atoms with Crippen LogP contribution in [0.3, 0.4) is 0 Å². The van der Waals surface area contributed by atoms with Gasteiger partial charge in [0.25, 0.3) is 0 Å². The topological polar surface area (TPSA) is 30.5 Å². The van der Waals surface area contributed by atoms with Crippen molar-refractivity contribution in [2.24, 2.45) is 0 Å². The summed E-state index contributed by atoms with van der Waals surface area (Å²) in [6, 6.07) is 6.46. The first-order valence-electron chi connectivity index (χ1n) is 7.74. The third kappa shape index (κ3) is 5.04. The summed E-state index contributed by atoms with van der Waals surface area (Å²) < 4.78 is 11.3. The summed E-state index contributed by atoms with van der Waals surface area (Å²) in [5.74, 6) is 1.80. The number of hydrogen-bond acceptors (Lipinski definition) is 3. The molecule has 0 amide bonds. The first-order chi connectivity index (χ1) is 9.76. The molecule has 3 nitrogen and oxygen atoms in total. The molecule has 1 unspecified atom stereocenters. The third-order valence-electron chi connectivity index (χ3n) is 3.60. The second-order valence-electron chi connectivity index (χ2n) is 5.06. The predicted molar refractivity (Wildman–Crippen MR) is 84.7 cm³/mol. The van der Waals surface area contributed by atoms with Gasteiger partial charge in [0.05, 0.1) is 13.7 Å². The highest BCUT2D eigenvalue weighted by atomic mass is 16.5. The zero-order chi connectivity index (χ0) is 14.8. The number of rotatable bonds is 10. The standard InChI is InChI=1S/C17H29NO2/c1-5-7-8-9-12-20-14-10-11-15(16(6-2)18-3)17(13-14)19-4/h10-11,13,16,18H,5-9,12H2,1-4H3. The summed E-state index contributed by atoms with van der Waals surface area (Å²) in [5, 5.41) is 3.31. The van der Waals surface area contributed by atoms with Crippen molar-refractivity contribution in [3.05, 3.63) is 23.8 Å². The van der Waals surface area contributed by atoms with Crippen molar-refractivity contribution in [1.82, 2.24) is 5.32 Å². The summed E-state index contributed by atoms with van der Waals surface area (Å²) in [6.07, 6.45) is 5.93. The Balaban J connectivity index is 2.62. The van der Waals surface area contributed by atoms with Gasteiger partial charge in [0, 0.05) is 17.7 Å². The first-order valence-corrected chi connectivity index (χ1v) is 7.74. The van der Waals surface area contributed by atoms with Crippen LogP contribution in [0.1, 0.15) is 57.6 Å². The van der Waals surface area contributed by atoms with Crippen LogP contribution in [-0.4, -0.2) is 20.8 Å². The maximum absolute atomic E-state index is 5.80. The largest absolute Gasteiger partial charge is 0.496 e. The molecule has 0 saturated heterocycles. The van der Waals surface area contributed by atoms with Crippen LogP contribution in [-0.2, 0) is 0 Å². The molecule has 1 aromatic carbocycles. The Labute approximate surface area is 123 Å². The van der Waals surface area contributed by atoms with E-state index in [1.807, 2.05) is 19.2 Å². The van der Waals surface area contributed by atoms with Crippen molar-refractivity contribution in [2.75, 3.05) is 20.8 Å². The molecule has 0 aliphatic carbocycles. The van der Waals surface area contributed by atoms with E-state index in [0.717, 1.165) is 30.9 Å². The van der Waals surface area contributed by atoms with Crippen LogP contribution in [0.4, 0.5) is 0 Å². The van der Waals surface area contributed by atoms with Crippen LogP contribution in [0, 0.1) is 0 Å². The second-order valence-corrected chi connectivity index (χ2v) is 5.06. The Morgan fingerprint density at radius 3 is 2.55 bits per heavy atom. The zero-order valence-corrected chi connectivity index (χ0v) is 13.4. The Kier molecular flexibility index (Phi) is 8.12. The van der Waals surface area contributed by atoms with Crippen molar-refractivity contribution in [3.8, 4) is 11.5 Å². The fourth-order valence-corrected chi connectivity index (χ4v) is 2.37. The van der Waals surface area contributed by atoms with Crippen LogP contribution in [0.5, 0.6) is 11.5 Å². The van der Waals surface area contributed by atoms with E-state index in [2.05, 4.69) is 25.2 Å². The van der Waals surface area contributed by atoms with E-state index in [-0.39, 0.29) is 0 Å². The molecule has 1 aromatic rings. The van der Waals surface area contributed by atoms with E-state index < -0.39 is 0 Å². The Bertz CT molecular complexity index is 375. The number of methoxy groups -OCH3 is 1. The van der Waals surface area contributed by atoms with Crippen molar-refractivity contribution >= 4 is 0 Å². The smallest absolute Gasteiger partial charge is 0.127 e. The first kappa shape index (κ1) is 16.8. The van der Waals surface area contributed by atoms with Gasteiger partial charge in [0.1, 0.15) is 11.5 Å². The molecule has 0 heterocycles. The quantitative estimate of drug-likeness (QED) is 0.647. The molecule has 20 heavy (non-hydrogen) atoms. The van der Waals surface area contributed by atoms with Gasteiger partial charge in [-0.3, -0.25) is 0 Å². The number of ether oxygens (including phenoxy) is 2. The molecular weight excluding hydrogens is 250 g/mol. The fraction of sp³-hybridized carbons (Fsp3) is 0.647. The second kappa shape index (κ2) is 9.65. The summed E-state index contributed by atoms with van der Waals surface area (Å²) in [7, 11) is 3.69. The Hall–Kier alpha value is -1.22. The molecule has 0 bridgehead atoms. The predicted octanol–water partition coefficient (Wildman–Crippen LogP) is 4.32. The number of benzene rings is 1. The average Bonchev–Trinajstić information content (AvgIpc) is 2.49. The highest BCUT2D eigenvalue weighted by molar-refractivity contribution is 5.42. The van der Waals surface area contributed by atoms with Gasteiger partial charge in [0.15, 0.2) is 0 Å². The molecule has 0 saturated carbocycles. The van der Waals surface area contributed by atoms with Crippen LogP contribution in [0.25, 0.3) is 0 Å². The molecule has 1 atom stereocenters. The van der Waals surface area contributed by atoms with E-state index in [9.17, 15) is 0 Å². The van der Waals surface area contributed by atoms with Gasteiger partial charge < -0.3 is 14.8 Å². The number of nitrogens with one attached hydrogen (secondary N) is 1. The normalized spacial score (nSPS) is 12.2. The number of hydrogen-bond donors (Lipinski definition) is 1. The molecule has 1 rings (SSSR count). The monoisotopic (exact) mass is 279 g/mol. The van der Waals surface area contributed by atoms with Crippen molar-refractivity contribution in [2.45, 2.75) is 52.0 Å². The Morgan fingerprint density at radius 2 is 1.95 bits per heavy atom. The molecule has 0 aromatic heterocycles. The highest BCUT2D eigenvalue weighted by Gasteiger charge is 2.13. The van der Waals surface area contributed by atoms with E-state index in [1.54, 1.807) is 7.11 Å². The minimum Gasteiger partial charge on any atom is -0.496 e. The summed E-state index contributed by atoms with van der Waals surface area (Å²) in [4.78, 5) is 0. The van der Waals surface area contributed by atoms with Crippen LogP contribution >= 0.6 is 0 Å². The SMILES string of the molecule is CCCCCCOc1ccc(C(CC)NC)c(OC)c1. The fourth-order valence-electron chi connectivity index (χ4n) is 2.37. The molecule has 0 spiro atoms. The van der Waals surface area contributed by atoms with Crippen molar-refractivity contribution in [3.63, 3.8) is 0 Å². The summed E-state index contributed by atoms with van der Waals surface area (Å²) in [5.41, 5.74) is 1.19. The minimum absolute atomic E-state index is 0.323. The van der Waals surface area contributed by atoms with Crippen molar-refractivity contribution in [1.29, 1.82) is 0 Å². The maximum atomic E-state index is 5.80. The molecule has 0 radical (unpaired) electrons. The molecule has 1 N–H and O–H groups in total. The third-order valence-corrected chi connectivity index (χ3v) is 3.60. The van der Waals surface area contributed by atoms with Gasteiger partial charge in [-0.05, 0) is 26.0 Å². The lowest BCUT2D eigenvalue weighted by Gasteiger charge is -2.18. The Morgan fingerprint density at radius 1 is 1.15 bits per heavy atom. The average molecular weight is 279 g/mol.